The summed E-state index contributed by atoms with van der Waals surface area (Å²) in [6, 6.07) is 11.7. The van der Waals surface area contributed by atoms with E-state index in [1.807, 2.05) is 6.92 Å². The van der Waals surface area contributed by atoms with Crippen LogP contribution in [0.5, 0.6) is 0 Å². The quantitative estimate of drug-likeness (QED) is 0.242. The van der Waals surface area contributed by atoms with E-state index in [0.717, 1.165) is 27.0 Å². The van der Waals surface area contributed by atoms with Gasteiger partial charge in [-0.1, -0.05) is 47.1 Å². The summed E-state index contributed by atoms with van der Waals surface area (Å²) in [4.78, 5) is 64.0. The van der Waals surface area contributed by atoms with E-state index in [2.05, 4.69) is 15.9 Å². The molecule has 2 aromatic carbocycles. The molecular formula is C24H22BrN3O6. The molecule has 4 rings (SSSR count). The molecule has 0 bridgehead atoms. The molecule has 2 aromatic rings. The average Bonchev–Trinajstić information content (AvgIpc) is 3.06. The van der Waals surface area contributed by atoms with Crippen LogP contribution in [0.1, 0.15) is 46.9 Å². The minimum atomic E-state index is -0.953. The number of nitrogens with zero attached hydrogens (tertiary/aromatic N) is 3. The van der Waals surface area contributed by atoms with Gasteiger partial charge in [0.25, 0.3) is 23.4 Å². The number of hydrogen-bond donors (Lipinski definition) is 0. The number of para-hydroxylation sites is 1. The molecule has 9 nitrogen and oxygen atoms in total. The number of imide groups is 1. The number of rotatable bonds is 6. The first-order valence-corrected chi connectivity index (χ1v) is 11.7. The lowest BCUT2D eigenvalue weighted by Gasteiger charge is -2.30. The number of hydrogen-bond acceptors (Lipinski definition) is 6. The molecule has 0 radical (unpaired) electrons. The van der Waals surface area contributed by atoms with Crippen LogP contribution in [0.15, 0.2) is 53.0 Å². The minimum absolute atomic E-state index is 0.252. The third kappa shape index (κ3) is 4.37. The fourth-order valence-corrected chi connectivity index (χ4v) is 4.92. The lowest BCUT2D eigenvalue weighted by Crippen LogP contribution is -2.52. The summed E-state index contributed by atoms with van der Waals surface area (Å²) in [5.74, 6) is -3.43. The number of carbonyl (C=O) groups is 4. The van der Waals surface area contributed by atoms with E-state index >= 15 is 0 Å². The van der Waals surface area contributed by atoms with Crippen LogP contribution in [0, 0.1) is 27.9 Å². The standard InChI is InChI=1S/C24H22BrN3O6/c1-14-6-11-17-19(12-14)24(32)27(23(17)31)26(13-21(29)15-7-9-16(25)10-8-15)22(30)18-4-2-3-5-20(18)28(33)34/h2-5,7-10,14,17,19H,6,11-13H2,1H3/t14-,17-,19-/m1/s1. The van der Waals surface area contributed by atoms with Crippen LogP contribution in [0.3, 0.4) is 0 Å². The molecule has 0 unspecified atom stereocenters. The summed E-state index contributed by atoms with van der Waals surface area (Å²) < 4.78 is 0.750. The van der Waals surface area contributed by atoms with E-state index in [1.54, 1.807) is 24.3 Å². The lowest BCUT2D eigenvalue weighted by molar-refractivity contribution is -0.385. The first-order valence-electron chi connectivity index (χ1n) is 10.9. The number of hydrazine groups is 1. The van der Waals surface area contributed by atoms with E-state index in [1.165, 1.54) is 18.2 Å². The van der Waals surface area contributed by atoms with Gasteiger partial charge >= 0.3 is 0 Å². The maximum atomic E-state index is 13.6. The predicted molar refractivity (Wildman–Crippen MR) is 124 cm³/mol. The van der Waals surface area contributed by atoms with Crippen molar-refractivity contribution in [2.75, 3.05) is 6.54 Å². The van der Waals surface area contributed by atoms with Crippen molar-refractivity contribution < 1.29 is 24.1 Å². The van der Waals surface area contributed by atoms with Gasteiger partial charge in [-0.3, -0.25) is 29.3 Å². The molecule has 2 aliphatic rings. The molecule has 0 N–H and O–H groups in total. The van der Waals surface area contributed by atoms with Gasteiger partial charge in [-0.25, -0.2) is 5.01 Å². The Morgan fingerprint density at radius 1 is 1.06 bits per heavy atom. The van der Waals surface area contributed by atoms with Crippen molar-refractivity contribution >= 4 is 45.1 Å². The van der Waals surface area contributed by atoms with Crippen molar-refractivity contribution in [3.05, 3.63) is 74.2 Å². The SMILES string of the molecule is C[C@@H]1CC[C@H]2C(=O)N(N(CC(=O)c3ccc(Br)cc3)C(=O)c3ccccc3[N+](=O)[O-])C(=O)[C@@H]2C1. The fraction of sp³-hybridized carbons (Fsp3) is 0.333. The molecular weight excluding hydrogens is 506 g/mol. The third-order valence-electron chi connectivity index (χ3n) is 6.43. The highest BCUT2D eigenvalue weighted by atomic mass is 79.9. The van der Waals surface area contributed by atoms with Gasteiger partial charge in [-0.05, 0) is 43.4 Å². The average molecular weight is 528 g/mol. The van der Waals surface area contributed by atoms with E-state index in [4.69, 9.17) is 0 Å². The van der Waals surface area contributed by atoms with E-state index < -0.39 is 52.5 Å². The molecule has 1 heterocycles. The molecule has 176 valence electrons. The number of ketones is 1. The van der Waals surface area contributed by atoms with Gasteiger partial charge < -0.3 is 0 Å². The number of nitro benzene ring substituents is 1. The Labute approximate surface area is 204 Å². The Balaban J connectivity index is 1.74. The first-order chi connectivity index (χ1) is 16.2. The fourth-order valence-electron chi connectivity index (χ4n) is 4.66. The molecule has 1 saturated carbocycles. The summed E-state index contributed by atoms with van der Waals surface area (Å²) in [5, 5.41) is 13.1. The summed E-state index contributed by atoms with van der Waals surface area (Å²) in [5.41, 5.74) is -0.507. The van der Waals surface area contributed by atoms with Crippen LogP contribution in [0.2, 0.25) is 0 Å². The number of carbonyl (C=O) groups excluding carboxylic acids is 4. The number of fused-ring (bicyclic) bond motifs is 1. The zero-order valence-corrected chi connectivity index (χ0v) is 19.9. The van der Waals surface area contributed by atoms with Crippen molar-refractivity contribution in [1.29, 1.82) is 0 Å². The molecule has 34 heavy (non-hydrogen) atoms. The normalized spacial score (nSPS) is 21.8. The van der Waals surface area contributed by atoms with Crippen LogP contribution in [-0.4, -0.2) is 45.0 Å². The van der Waals surface area contributed by atoms with Crippen LogP contribution in [0.25, 0.3) is 0 Å². The zero-order chi connectivity index (χ0) is 24.6. The predicted octanol–water partition coefficient (Wildman–Crippen LogP) is 4.02. The third-order valence-corrected chi connectivity index (χ3v) is 6.96. The van der Waals surface area contributed by atoms with E-state index in [-0.39, 0.29) is 17.0 Å². The summed E-state index contributed by atoms with van der Waals surface area (Å²) in [6.07, 6.45) is 1.81. The van der Waals surface area contributed by atoms with E-state index in [0.29, 0.717) is 12.8 Å². The van der Waals surface area contributed by atoms with Gasteiger partial charge in [0, 0.05) is 16.1 Å². The Morgan fingerprint density at radius 3 is 2.38 bits per heavy atom. The van der Waals surface area contributed by atoms with Gasteiger partial charge in [0.15, 0.2) is 5.78 Å². The number of halogens is 1. The van der Waals surface area contributed by atoms with Crippen LogP contribution in [0.4, 0.5) is 5.69 Å². The summed E-state index contributed by atoms with van der Waals surface area (Å²) in [7, 11) is 0. The van der Waals surface area contributed by atoms with Crippen LogP contribution < -0.4 is 0 Å². The maximum absolute atomic E-state index is 13.6. The second kappa shape index (κ2) is 9.46. The number of Topliss-reactive ketones (excluding diaryl/α,β-unsaturated/α-hetero) is 1. The summed E-state index contributed by atoms with van der Waals surface area (Å²) in [6.45, 7) is 1.39. The Bertz CT molecular complexity index is 1180. The second-order valence-electron chi connectivity index (χ2n) is 8.69. The van der Waals surface area contributed by atoms with Crippen molar-refractivity contribution in [2.45, 2.75) is 26.2 Å². The van der Waals surface area contributed by atoms with Gasteiger partial charge in [0.2, 0.25) is 0 Å². The number of amides is 3. The highest BCUT2D eigenvalue weighted by molar-refractivity contribution is 9.10. The van der Waals surface area contributed by atoms with Crippen molar-refractivity contribution in [3.8, 4) is 0 Å². The van der Waals surface area contributed by atoms with Gasteiger partial charge in [-0.15, -0.1) is 0 Å². The highest BCUT2D eigenvalue weighted by Gasteiger charge is 2.53. The van der Waals surface area contributed by atoms with Crippen LogP contribution >= 0.6 is 15.9 Å². The minimum Gasteiger partial charge on any atom is -0.292 e. The molecule has 10 heteroatoms. The smallest absolute Gasteiger partial charge is 0.282 e. The van der Waals surface area contributed by atoms with Gasteiger partial charge in [0.05, 0.1) is 16.8 Å². The van der Waals surface area contributed by atoms with Crippen molar-refractivity contribution in [1.82, 2.24) is 10.0 Å². The zero-order valence-electron chi connectivity index (χ0n) is 18.3. The van der Waals surface area contributed by atoms with Gasteiger partial charge in [0.1, 0.15) is 12.1 Å². The Morgan fingerprint density at radius 2 is 1.71 bits per heavy atom. The number of benzene rings is 2. The largest absolute Gasteiger partial charge is 0.292 e. The highest BCUT2D eigenvalue weighted by Crippen LogP contribution is 2.41. The topological polar surface area (TPSA) is 118 Å². The Hall–Kier alpha value is -3.40. The van der Waals surface area contributed by atoms with Crippen LogP contribution in [-0.2, 0) is 9.59 Å². The molecule has 0 spiro atoms. The molecule has 3 atom stereocenters. The molecule has 1 aliphatic carbocycles. The van der Waals surface area contributed by atoms with E-state index in [9.17, 15) is 29.3 Å². The van der Waals surface area contributed by atoms with Gasteiger partial charge in [-0.2, -0.15) is 5.01 Å². The molecule has 3 amide bonds. The lowest BCUT2D eigenvalue weighted by atomic mass is 9.76. The van der Waals surface area contributed by atoms with Crippen molar-refractivity contribution in [3.63, 3.8) is 0 Å². The molecule has 2 fully saturated rings. The molecule has 0 aromatic heterocycles. The first kappa shape index (κ1) is 23.7. The Kier molecular flexibility index (Phi) is 6.60. The maximum Gasteiger partial charge on any atom is 0.282 e. The second-order valence-corrected chi connectivity index (χ2v) is 9.60. The van der Waals surface area contributed by atoms with Crippen molar-refractivity contribution in [2.24, 2.45) is 17.8 Å². The summed E-state index contributed by atoms with van der Waals surface area (Å²) >= 11 is 3.29. The monoisotopic (exact) mass is 527 g/mol. The molecule has 1 aliphatic heterocycles. The molecule has 1 saturated heterocycles. The number of nitro groups is 1.